The first-order chi connectivity index (χ1) is 4.62. The van der Waals surface area contributed by atoms with Crippen molar-refractivity contribution in [2.45, 2.75) is 32.8 Å². The van der Waals surface area contributed by atoms with Gasteiger partial charge in [-0.3, -0.25) is 0 Å². The second-order valence-corrected chi connectivity index (χ2v) is 2.55. The summed E-state index contributed by atoms with van der Waals surface area (Å²) in [5.74, 6) is 5.54. The summed E-state index contributed by atoms with van der Waals surface area (Å²) in [6, 6.07) is 0. The van der Waals surface area contributed by atoms with E-state index in [4.69, 9.17) is 0 Å². The molecule has 1 radical (unpaired) electrons. The number of carbonyl (C=O) groups excluding carboxylic acids is 1. The number of hydrogen-bond acceptors (Lipinski definition) is 2. The average Bonchev–Trinajstić information content (AvgIpc) is 1.84. The summed E-state index contributed by atoms with van der Waals surface area (Å²) < 4.78 is 4.62. The molecule has 0 aromatic rings. The van der Waals surface area contributed by atoms with Gasteiger partial charge in [0.05, 0.1) is 0 Å². The van der Waals surface area contributed by atoms with Crippen LogP contribution in [0.25, 0.3) is 0 Å². The van der Waals surface area contributed by atoms with Crippen LogP contribution in [0.2, 0.25) is 0 Å². The van der Waals surface area contributed by atoms with Crippen molar-refractivity contribution in [1.29, 1.82) is 0 Å². The molecule has 10 heavy (non-hydrogen) atoms. The lowest BCUT2D eigenvalue weighted by atomic mass is 10.1. The Morgan fingerprint density at radius 2 is 2.10 bits per heavy atom. The zero-order chi connectivity index (χ0) is 8.04. The van der Waals surface area contributed by atoms with Crippen LogP contribution in [0.4, 0.5) is 0 Å². The van der Waals surface area contributed by atoms with Crippen molar-refractivity contribution >= 4 is 6.47 Å². The number of rotatable bonds is 3. The third-order valence-electron chi connectivity index (χ3n) is 1.01. The molecule has 0 atom stereocenters. The van der Waals surface area contributed by atoms with Gasteiger partial charge < -0.3 is 4.74 Å². The molecule has 0 aliphatic rings. The minimum absolute atomic E-state index is 0.495. The van der Waals surface area contributed by atoms with E-state index in [1.807, 2.05) is 0 Å². The molecular weight excluding hydrogens is 128 g/mol. The van der Waals surface area contributed by atoms with E-state index in [2.05, 4.69) is 16.6 Å². The molecule has 0 heterocycles. The third-order valence-corrected chi connectivity index (χ3v) is 1.01. The van der Waals surface area contributed by atoms with Gasteiger partial charge in [-0.2, -0.15) is 0 Å². The summed E-state index contributed by atoms with van der Waals surface area (Å²) in [5, 5.41) is 0. The summed E-state index contributed by atoms with van der Waals surface area (Å²) in [6.07, 6.45) is 0.554. The van der Waals surface area contributed by atoms with Gasteiger partial charge in [0.25, 0.3) is 0 Å². The Morgan fingerprint density at radius 3 is 2.50 bits per heavy atom. The van der Waals surface area contributed by atoms with Gasteiger partial charge >= 0.3 is 6.47 Å². The number of hydrogen-bond donors (Lipinski definition) is 0. The summed E-state index contributed by atoms with van der Waals surface area (Å²) >= 11 is 0. The molecule has 0 rings (SSSR count). The highest BCUT2D eigenvalue weighted by molar-refractivity contribution is 5.39. The molecule has 0 N–H and O–H groups in total. The Morgan fingerprint density at radius 1 is 1.50 bits per heavy atom. The van der Waals surface area contributed by atoms with E-state index in [0.717, 1.165) is 0 Å². The molecule has 0 aromatic heterocycles. The first kappa shape index (κ1) is 9.03. The van der Waals surface area contributed by atoms with Crippen LogP contribution in [0.1, 0.15) is 27.2 Å². The van der Waals surface area contributed by atoms with E-state index in [1.165, 1.54) is 6.47 Å². The van der Waals surface area contributed by atoms with Crippen LogP contribution in [-0.2, 0) is 9.53 Å². The normalized spacial score (nSPS) is 9.50. The highest BCUT2D eigenvalue weighted by Gasteiger charge is 2.16. The second-order valence-electron chi connectivity index (χ2n) is 2.55. The molecule has 0 spiro atoms. The Balaban J connectivity index is 3.81. The maximum Gasteiger partial charge on any atom is 0.418 e. The van der Waals surface area contributed by atoms with Gasteiger partial charge in [0.1, 0.15) is 5.60 Å². The first-order valence-corrected chi connectivity index (χ1v) is 3.07. The minimum Gasteiger partial charge on any atom is -0.450 e. The van der Waals surface area contributed by atoms with Gasteiger partial charge in [0, 0.05) is 6.42 Å². The standard InChI is InChI=1S/C8H11O2/c1-4-5-6-8(2,3)10-7-9/h6H2,1-3H3. The third kappa shape index (κ3) is 3.96. The fraction of sp³-hybridized carbons (Fsp3) is 0.625. The van der Waals surface area contributed by atoms with Gasteiger partial charge in [-0.15, -0.1) is 5.92 Å². The fourth-order valence-electron chi connectivity index (χ4n) is 0.450. The maximum absolute atomic E-state index is 9.79. The molecule has 0 fully saturated rings. The molecule has 0 saturated heterocycles. The Kier molecular flexibility index (Phi) is 3.56. The van der Waals surface area contributed by atoms with Crippen LogP contribution in [0, 0.1) is 11.8 Å². The highest BCUT2D eigenvalue weighted by atomic mass is 16.5. The molecule has 0 aliphatic heterocycles. The predicted octanol–water partition coefficient (Wildman–Crippen LogP) is 1.26. The second kappa shape index (κ2) is 3.94. The maximum atomic E-state index is 9.79. The van der Waals surface area contributed by atoms with E-state index in [0.29, 0.717) is 6.42 Å². The zero-order valence-corrected chi connectivity index (χ0v) is 6.52. The van der Waals surface area contributed by atoms with Crippen molar-refractivity contribution in [1.82, 2.24) is 0 Å². The molecule has 0 aromatic carbocycles. The largest absolute Gasteiger partial charge is 0.450 e. The van der Waals surface area contributed by atoms with Crippen LogP contribution >= 0.6 is 0 Å². The van der Waals surface area contributed by atoms with Crippen molar-refractivity contribution < 1.29 is 9.53 Å². The lowest BCUT2D eigenvalue weighted by molar-refractivity contribution is 0.0947. The molecule has 0 aliphatic carbocycles. The smallest absolute Gasteiger partial charge is 0.418 e. The molecule has 0 bridgehead atoms. The molecule has 2 heteroatoms. The predicted molar refractivity (Wildman–Crippen MR) is 38.9 cm³/mol. The van der Waals surface area contributed by atoms with Crippen LogP contribution in [0.3, 0.4) is 0 Å². The van der Waals surface area contributed by atoms with Gasteiger partial charge in [-0.1, -0.05) is 5.92 Å². The van der Waals surface area contributed by atoms with Gasteiger partial charge in [0.15, 0.2) is 0 Å². The molecule has 55 valence electrons. The number of ether oxygens (including phenoxy) is 1. The van der Waals surface area contributed by atoms with Gasteiger partial charge in [-0.05, 0) is 20.8 Å². The first-order valence-electron chi connectivity index (χ1n) is 3.07. The quantitative estimate of drug-likeness (QED) is 0.550. The topological polar surface area (TPSA) is 26.3 Å². The van der Waals surface area contributed by atoms with Crippen molar-refractivity contribution in [3.63, 3.8) is 0 Å². The Labute approximate surface area is 61.6 Å². The fourth-order valence-corrected chi connectivity index (χ4v) is 0.450. The summed E-state index contributed by atoms with van der Waals surface area (Å²) in [6.45, 7) is 6.74. The van der Waals surface area contributed by atoms with Crippen molar-refractivity contribution in [3.05, 3.63) is 0 Å². The lowest BCUT2D eigenvalue weighted by Gasteiger charge is -2.17. The van der Waals surface area contributed by atoms with Gasteiger partial charge in [-0.25, -0.2) is 4.79 Å². The van der Waals surface area contributed by atoms with Crippen LogP contribution in [0.15, 0.2) is 0 Å². The molecule has 0 unspecified atom stereocenters. The van der Waals surface area contributed by atoms with Crippen molar-refractivity contribution in [2.24, 2.45) is 0 Å². The highest BCUT2D eigenvalue weighted by Crippen LogP contribution is 2.11. The Hall–Kier alpha value is -0.970. The van der Waals surface area contributed by atoms with E-state index in [9.17, 15) is 4.79 Å². The SMILES string of the molecule is CC#CCC(C)(C)O[C]=O. The summed E-state index contributed by atoms with van der Waals surface area (Å²) in [7, 11) is 0. The van der Waals surface area contributed by atoms with Crippen LogP contribution < -0.4 is 0 Å². The van der Waals surface area contributed by atoms with Crippen molar-refractivity contribution in [3.8, 4) is 11.8 Å². The molecular formula is C8H11O2. The monoisotopic (exact) mass is 139 g/mol. The van der Waals surface area contributed by atoms with E-state index >= 15 is 0 Å². The summed E-state index contributed by atoms with van der Waals surface area (Å²) in [4.78, 5) is 9.79. The lowest BCUT2D eigenvalue weighted by Crippen LogP contribution is -2.22. The van der Waals surface area contributed by atoms with Gasteiger partial charge in [0.2, 0.25) is 0 Å². The van der Waals surface area contributed by atoms with E-state index in [-0.39, 0.29) is 0 Å². The average molecular weight is 139 g/mol. The molecule has 0 amide bonds. The zero-order valence-electron chi connectivity index (χ0n) is 6.52. The minimum atomic E-state index is -0.495. The molecule has 0 saturated carbocycles. The Bertz CT molecular complexity index is 160. The van der Waals surface area contributed by atoms with Crippen molar-refractivity contribution in [2.75, 3.05) is 0 Å². The molecule has 2 nitrogen and oxygen atoms in total. The van der Waals surface area contributed by atoms with E-state index in [1.54, 1.807) is 20.8 Å². The van der Waals surface area contributed by atoms with Crippen LogP contribution in [-0.4, -0.2) is 12.1 Å². The van der Waals surface area contributed by atoms with Crippen LogP contribution in [0.5, 0.6) is 0 Å². The summed E-state index contributed by atoms with van der Waals surface area (Å²) in [5.41, 5.74) is -0.495. The van der Waals surface area contributed by atoms with E-state index < -0.39 is 5.60 Å².